The second kappa shape index (κ2) is 6.56. The minimum absolute atomic E-state index is 0.196. The van der Waals surface area contributed by atoms with E-state index in [0.29, 0.717) is 10.5 Å². The second-order valence-corrected chi connectivity index (χ2v) is 6.37. The number of nitrogens with one attached hydrogen (secondary N) is 1. The summed E-state index contributed by atoms with van der Waals surface area (Å²) in [4.78, 5) is 16.8. The first-order chi connectivity index (χ1) is 10.2. The lowest BCUT2D eigenvalue weighted by Crippen LogP contribution is -2.44. The summed E-state index contributed by atoms with van der Waals surface area (Å²) in [7, 11) is 0. The van der Waals surface area contributed by atoms with Crippen LogP contribution < -0.4 is 4.90 Å². The molecular weight excluding hydrogens is 284 g/mol. The van der Waals surface area contributed by atoms with Crippen LogP contribution in [-0.4, -0.2) is 47.2 Å². The average Bonchev–Trinajstić information content (AvgIpc) is 2.56. The lowest BCUT2D eigenvalue weighted by atomic mass is 9.94. The van der Waals surface area contributed by atoms with Crippen LogP contribution in [0.2, 0.25) is 0 Å². The van der Waals surface area contributed by atoms with Gasteiger partial charge in [-0.05, 0) is 44.2 Å². The Morgan fingerprint density at radius 1 is 1.14 bits per heavy atom. The van der Waals surface area contributed by atoms with E-state index in [-0.39, 0.29) is 5.92 Å². The summed E-state index contributed by atoms with van der Waals surface area (Å²) < 4.78 is 0.647. The first kappa shape index (κ1) is 14.5. The van der Waals surface area contributed by atoms with E-state index in [1.54, 1.807) is 0 Å². The minimum atomic E-state index is 0.196. The van der Waals surface area contributed by atoms with E-state index in [1.165, 1.54) is 6.42 Å². The van der Waals surface area contributed by atoms with Crippen LogP contribution in [0.25, 0.3) is 0 Å². The zero-order valence-electron chi connectivity index (χ0n) is 12.3. The molecule has 1 aromatic rings. The molecule has 2 aliphatic rings. The summed E-state index contributed by atoms with van der Waals surface area (Å²) in [5.41, 5.74) is 0. The van der Waals surface area contributed by atoms with Gasteiger partial charge in [-0.25, -0.2) is 0 Å². The predicted molar refractivity (Wildman–Crippen MR) is 84.8 cm³/mol. The molecule has 21 heavy (non-hydrogen) atoms. The number of nitrogens with zero attached hydrogens (tertiary/aromatic N) is 3. The average molecular weight is 306 g/mol. The number of carbonyl (C=O) groups excluding carboxylic acids is 1. The Hall–Kier alpha value is -1.43. The highest BCUT2D eigenvalue weighted by Crippen LogP contribution is 2.24. The van der Waals surface area contributed by atoms with Crippen LogP contribution >= 0.6 is 12.2 Å². The number of hydrogen-bond donors (Lipinski definition) is 1. The Morgan fingerprint density at radius 3 is 2.48 bits per heavy atom. The number of H-pyrrole nitrogens is 1. The summed E-state index contributed by atoms with van der Waals surface area (Å²) >= 11 is 5.01. The van der Waals surface area contributed by atoms with Gasteiger partial charge < -0.3 is 9.80 Å². The number of anilines is 1. The molecular formula is C15H22N4OS. The molecule has 2 aliphatic heterocycles. The fourth-order valence-corrected chi connectivity index (χ4v) is 3.35. The standard InChI is InChI=1S/C15H22N4OS/c20-15(19-8-2-1-3-9-19)12-6-10-18(11-7-12)13-4-5-14(21)17-16-13/h4-5,12H,1-3,6-11H2,(H,17,21). The van der Waals surface area contributed by atoms with Gasteiger partial charge in [0, 0.05) is 32.1 Å². The van der Waals surface area contributed by atoms with E-state index in [2.05, 4.69) is 20.0 Å². The molecule has 0 atom stereocenters. The fraction of sp³-hybridized carbons (Fsp3) is 0.667. The van der Waals surface area contributed by atoms with Crippen molar-refractivity contribution in [3.63, 3.8) is 0 Å². The van der Waals surface area contributed by atoms with Crippen molar-refractivity contribution < 1.29 is 4.79 Å². The molecule has 1 N–H and O–H groups in total. The van der Waals surface area contributed by atoms with Crippen molar-refractivity contribution in [1.82, 2.24) is 15.1 Å². The van der Waals surface area contributed by atoms with E-state index in [1.807, 2.05) is 12.1 Å². The topological polar surface area (TPSA) is 52.2 Å². The van der Waals surface area contributed by atoms with Gasteiger partial charge in [0.15, 0.2) is 0 Å². The fourth-order valence-electron chi connectivity index (χ4n) is 3.24. The Balaban J connectivity index is 1.56. The van der Waals surface area contributed by atoms with E-state index in [4.69, 9.17) is 12.2 Å². The number of carbonyl (C=O) groups is 1. The molecule has 0 spiro atoms. The molecule has 0 aromatic carbocycles. The molecule has 3 heterocycles. The Kier molecular flexibility index (Phi) is 4.53. The summed E-state index contributed by atoms with van der Waals surface area (Å²) in [6.07, 6.45) is 5.44. The molecule has 1 aromatic heterocycles. The van der Waals surface area contributed by atoms with Crippen molar-refractivity contribution >= 4 is 23.9 Å². The van der Waals surface area contributed by atoms with Gasteiger partial charge in [0.05, 0.1) is 0 Å². The van der Waals surface area contributed by atoms with Gasteiger partial charge in [0.25, 0.3) is 0 Å². The van der Waals surface area contributed by atoms with Crippen molar-refractivity contribution in [3.05, 3.63) is 16.8 Å². The molecule has 0 saturated carbocycles. The highest BCUT2D eigenvalue weighted by atomic mass is 32.1. The number of piperidine rings is 2. The second-order valence-electron chi connectivity index (χ2n) is 5.93. The quantitative estimate of drug-likeness (QED) is 0.852. The normalized spacial score (nSPS) is 20.6. The van der Waals surface area contributed by atoms with E-state index in [0.717, 1.165) is 57.7 Å². The monoisotopic (exact) mass is 306 g/mol. The van der Waals surface area contributed by atoms with Crippen LogP contribution in [0, 0.1) is 10.6 Å². The van der Waals surface area contributed by atoms with Crippen LogP contribution in [0.3, 0.4) is 0 Å². The van der Waals surface area contributed by atoms with Gasteiger partial charge in [-0.1, -0.05) is 12.2 Å². The van der Waals surface area contributed by atoms with Gasteiger partial charge in [0.1, 0.15) is 10.5 Å². The number of likely N-dealkylation sites (tertiary alicyclic amines) is 1. The lowest BCUT2D eigenvalue weighted by molar-refractivity contribution is -0.137. The number of amides is 1. The zero-order valence-corrected chi connectivity index (χ0v) is 13.1. The van der Waals surface area contributed by atoms with Crippen molar-refractivity contribution in [3.8, 4) is 0 Å². The van der Waals surface area contributed by atoms with Gasteiger partial charge in [-0.15, -0.1) is 0 Å². The largest absolute Gasteiger partial charge is 0.355 e. The molecule has 0 radical (unpaired) electrons. The van der Waals surface area contributed by atoms with E-state index < -0.39 is 0 Å². The third-order valence-electron chi connectivity index (χ3n) is 4.50. The summed E-state index contributed by atoms with van der Waals surface area (Å²) in [6, 6.07) is 3.81. The van der Waals surface area contributed by atoms with E-state index in [9.17, 15) is 4.79 Å². The molecule has 0 aliphatic carbocycles. The summed E-state index contributed by atoms with van der Waals surface area (Å²) in [5.74, 6) is 1.49. The molecule has 0 unspecified atom stereocenters. The van der Waals surface area contributed by atoms with Crippen molar-refractivity contribution in [1.29, 1.82) is 0 Å². The Bertz CT molecular complexity index is 524. The molecule has 2 saturated heterocycles. The maximum atomic E-state index is 12.5. The Morgan fingerprint density at radius 2 is 1.86 bits per heavy atom. The van der Waals surface area contributed by atoms with Gasteiger partial charge in [-0.2, -0.15) is 5.10 Å². The smallest absolute Gasteiger partial charge is 0.225 e. The van der Waals surface area contributed by atoms with Crippen LogP contribution in [-0.2, 0) is 4.79 Å². The van der Waals surface area contributed by atoms with Crippen LogP contribution in [0.1, 0.15) is 32.1 Å². The van der Waals surface area contributed by atoms with Crippen LogP contribution in [0.5, 0.6) is 0 Å². The Labute approximate surface area is 130 Å². The van der Waals surface area contributed by atoms with Crippen LogP contribution in [0.15, 0.2) is 12.1 Å². The van der Waals surface area contributed by atoms with Crippen molar-refractivity contribution in [2.45, 2.75) is 32.1 Å². The molecule has 6 heteroatoms. The molecule has 5 nitrogen and oxygen atoms in total. The highest BCUT2D eigenvalue weighted by molar-refractivity contribution is 7.71. The third-order valence-corrected chi connectivity index (χ3v) is 4.73. The van der Waals surface area contributed by atoms with Crippen molar-refractivity contribution in [2.24, 2.45) is 5.92 Å². The van der Waals surface area contributed by atoms with Gasteiger partial charge >= 0.3 is 0 Å². The number of hydrogen-bond acceptors (Lipinski definition) is 4. The highest BCUT2D eigenvalue weighted by Gasteiger charge is 2.29. The first-order valence-electron chi connectivity index (χ1n) is 7.83. The molecule has 0 bridgehead atoms. The molecule has 3 rings (SSSR count). The predicted octanol–water partition coefficient (Wildman–Crippen LogP) is 2.37. The third kappa shape index (κ3) is 3.43. The maximum absolute atomic E-state index is 12.5. The summed E-state index contributed by atoms with van der Waals surface area (Å²) in [5, 5.41) is 7.09. The van der Waals surface area contributed by atoms with E-state index >= 15 is 0 Å². The number of rotatable bonds is 2. The van der Waals surface area contributed by atoms with Crippen molar-refractivity contribution in [2.75, 3.05) is 31.1 Å². The zero-order chi connectivity index (χ0) is 14.7. The number of aromatic nitrogens is 2. The molecule has 2 fully saturated rings. The molecule has 1 amide bonds. The maximum Gasteiger partial charge on any atom is 0.225 e. The van der Waals surface area contributed by atoms with Crippen LogP contribution in [0.4, 0.5) is 5.82 Å². The lowest BCUT2D eigenvalue weighted by Gasteiger charge is -2.35. The first-order valence-corrected chi connectivity index (χ1v) is 8.24. The SMILES string of the molecule is O=C(C1CCN(c2ccc(=S)[nH]n2)CC1)N1CCCCC1. The number of aromatic amines is 1. The minimum Gasteiger partial charge on any atom is -0.355 e. The van der Waals surface area contributed by atoms with Gasteiger partial charge in [0.2, 0.25) is 5.91 Å². The van der Waals surface area contributed by atoms with Gasteiger partial charge in [-0.3, -0.25) is 9.89 Å². The summed E-state index contributed by atoms with van der Waals surface area (Å²) in [6.45, 7) is 3.69. The molecule has 114 valence electrons.